The minimum absolute atomic E-state index is 0. The van der Waals surface area contributed by atoms with E-state index in [2.05, 4.69) is 29.1 Å². The number of halogens is 1. The summed E-state index contributed by atoms with van der Waals surface area (Å²) in [5.74, 6) is 0. The largest absolute Gasteiger partial charge is 0.313 e. The van der Waals surface area contributed by atoms with Crippen molar-refractivity contribution in [3.63, 3.8) is 0 Å². The first-order valence-corrected chi connectivity index (χ1v) is 4.59. The van der Waals surface area contributed by atoms with Crippen LogP contribution in [0.3, 0.4) is 0 Å². The molecule has 1 nitrogen and oxygen atoms in total. The fourth-order valence-corrected chi connectivity index (χ4v) is 1.47. The fourth-order valence-electron chi connectivity index (χ4n) is 0.803. The summed E-state index contributed by atoms with van der Waals surface area (Å²) in [6.07, 6.45) is 1.21. The van der Waals surface area contributed by atoms with E-state index in [4.69, 9.17) is 0 Å². The van der Waals surface area contributed by atoms with Crippen LogP contribution in [0.4, 0.5) is 0 Å². The number of nitrogens with one attached hydrogen (secondary N) is 1. The van der Waals surface area contributed by atoms with Crippen molar-refractivity contribution >= 4 is 23.7 Å². The van der Waals surface area contributed by atoms with Gasteiger partial charge in [-0.05, 0) is 35.4 Å². The fraction of sp³-hybridized carbons (Fsp3) is 0.500. The summed E-state index contributed by atoms with van der Waals surface area (Å²) in [5, 5.41) is 7.64. The molecule has 0 saturated carbocycles. The third-order valence-corrected chi connectivity index (χ3v) is 2.07. The second-order valence-corrected chi connectivity index (χ2v) is 3.09. The Labute approximate surface area is 78.2 Å². The van der Waals surface area contributed by atoms with Crippen LogP contribution in [0.2, 0.25) is 0 Å². The maximum atomic E-state index is 3.34. The monoisotopic (exact) mass is 191 g/mol. The quantitative estimate of drug-likeness (QED) is 0.722. The maximum Gasteiger partial charge on any atom is 0.0213 e. The molecule has 1 N–H and O–H groups in total. The van der Waals surface area contributed by atoms with Crippen molar-refractivity contribution in [2.75, 3.05) is 6.54 Å². The minimum atomic E-state index is 0. The molecule has 0 unspecified atom stereocenters. The molecule has 0 aromatic carbocycles. The first-order chi connectivity index (χ1) is 4.93. The van der Waals surface area contributed by atoms with Gasteiger partial charge in [0.05, 0.1) is 0 Å². The second-order valence-electron chi connectivity index (χ2n) is 2.31. The van der Waals surface area contributed by atoms with Crippen molar-refractivity contribution in [3.8, 4) is 0 Å². The van der Waals surface area contributed by atoms with Crippen LogP contribution in [0.25, 0.3) is 0 Å². The van der Waals surface area contributed by atoms with Gasteiger partial charge in [-0.1, -0.05) is 6.92 Å². The van der Waals surface area contributed by atoms with Crippen LogP contribution in [0.15, 0.2) is 16.8 Å². The molecule has 64 valence electrons. The molecule has 0 saturated heterocycles. The Kier molecular flexibility index (Phi) is 6.62. The van der Waals surface area contributed by atoms with Crippen LogP contribution < -0.4 is 5.32 Å². The predicted molar refractivity (Wildman–Crippen MR) is 53.6 cm³/mol. The lowest BCUT2D eigenvalue weighted by molar-refractivity contribution is 0.677. The van der Waals surface area contributed by atoms with Crippen LogP contribution in [0, 0.1) is 0 Å². The van der Waals surface area contributed by atoms with E-state index >= 15 is 0 Å². The molecule has 1 rings (SSSR count). The second kappa shape index (κ2) is 6.65. The van der Waals surface area contributed by atoms with Crippen LogP contribution in [-0.4, -0.2) is 6.54 Å². The molecule has 0 amide bonds. The number of rotatable bonds is 4. The summed E-state index contributed by atoms with van der Waals surface area (Å²) in [6, 6.07) is 2.16. The van der Waals surface area contributed by atoms with Gasteiger partial charge in [-0.25, -0.2) is 0 Å². The van der Waals surface area contributed by atoms with E-state index in [1.165, 1.54) is 12.0 Å². The molecular weight excluding hydrogens is 178 g/mol. The summed E-state index contributed by atoms with van der Waals surface area (Å²) < 4.78 is 0. The van der Waals surface area contributed by atoms with Crippen molar-refractivity contribution in [1.29, 1.82) is 0 Å². The van der Waals surface area contributed by atoms with Crippen molar-refractivity contribution in [2.24, 2.45) is 0 Å². The van der Waals surface area contributed by atoms with Gasteiger partial charge in [-0.15, -0.1) is 12.4 Å². The highest BCUT2D eigenvalue weighted by molar-refractivity contribution is 7.07. The van der Waals surface area contributed by atoms with E-state index in [9.17, 15) is 0 Å². The molecule has 0 radical (unpaired) electrons. The summed E-state index contributed by atoms with van der Waals surface area (Å²) in [7, 11) is 0. The molecule has 0 aliphatic rings. The lowest BCUT2D eigenvalue weighted by atomic mass is 10.3. The lowest BCUT2D eigenvalue weighted by Crippen LogP contribution is -2.12. The van der Waals surface area contributed by atoms with Crippen molar-refractivity contribution < 1.29 is 0 Å². The van der Waals surface area contributed by atoms with E-state index in [1.807, 2.05) is 0 Å². The Bertz CT molecular complexity index is 163. The van der Waals surface area contributed by atoms with Gasteiger partial charge in [0.25, 0.3) is 0 Å². The van der Waals surface area contributed by atoms with Crippen molar-refractivity contribution in [3.05, 3.63) is 22.4 Å². The zero-order valence-corrected chi connectivity index (χ0v) is 8.30. The molecule has 0 spiro atoms. The SMILES string of the molecule is CCCNCc1ccsc1.Cl. The van der Waals surface area contributed by atoms with Crippen molar-refractivity contribution in [1.82, 2.24) is 5.32 Å². The third-order valence-electron chi connectivity index (χ3n) is 1.34. The Hall–Kier alpha value is -0.0500. The highest BCUT2D eigenvalue weighted by Crippen LogP contribution is 2.04. The minimum Gasteiger partial charge on any atom is -0.313 e. The van der Waals surface area contributed by atoms with Crippen LogP contribution in [-0.2, 0) is 6.54 Å². The summed E-state index contributed by atoms with van der Waals surface area (Å²) in [6.45, 7) is 4.33. The standard InChI is InChI=1S/C8H13NS.ClH/c1-2-4-9-6-8-3-5-10-7-8;/h3,5,7,9H,2,4,6H2,1H3;1H. The Morgan fingerprint density at radius 1 is 1.55 bits per heavy atom. The average molecular weight is 192 g/mol. The van der Waals surface area contributed by atoms with Crippen LogP contribution in [0.5, 0.6) is 0 Å². The molecule has 1 heterocycles. The van der Waals surface area contributed by atoms with Gasteiger partial charge >= 0.3 is 0 Å². The van der Waals surface area contributed by atoms with Gasteiger partial charge in [0.2, 0.25) is 0 Å². The topological polar surface area (TPSA) is 12.0 Å². The molecule has 11 heavy (non-hydrogen) atoms. The van der Waals surface area contributed by atoms with E-state index in [-0.39, 0.29) is 12.4 Å². The third kappa shape index (κ3) is 4.40. The van der Waals surface area contributed by atoms with E-state index in [0.29, 0.717) is 0 Å². The van der Waals surface area contributed by atoms with E-state index in [0.717, 1.165) is 13.1 Å². The van der Waals surface area contributed by atoms with Gasteiger partial charge in [-0.2, -0.15) is 11.3 Å². The molecule has 1 aromatic rings. The van der Waals surface area contributed by atoms with Gasteiger partial charge in [0, 0.05) is 6.54 Å². The van der Waals surface area contributed by atoms with Crippen molar-refractivity contribution in [2.45, 2.75) is 19.9 Å². The Morgan fingerprint density at radius 3 is 2.91 bits per heavy atom. The maximum absolute atomic E-state index is 3.34. The molecule has 3 heteroatoms. The first-order valence-electron chi connectivity index (χ1n) is 3.65. The molecular formula is C8H14ClNS. The number of thiophene rings is 1. The summed E-state index contributed by atoms with van der Waals surface area (Å²) >= 11 is 1.76. The highest BCUT2D eigenvalue weighted by atomic mass is 35.5. The normalized spacial score (nSPS) is 9.18. The zero-order valence-electron chi connectivity index (χ0n) is 6.67. The predicted octanol–water partition coefficient (Wildman–Crippen LogP) is 2.67. The van der Waals surface area contributed by atoms with Crippen LogP contribution in [0.1, 0.15) is 18.9 Å². The smallest absolute Gasteiger partial charge is 0.0213 e. The molecule has 1 aromatic heterocycles. The van der Waals surface area contributed by atoms with Gasteiger partial charge in [0.1, 0.15) is 0 Å². The number of hydrogen-bond acceptors (Lipinski definition) is 2. The van der Waals surface area contributed by atoms with E-state index in [1.54, 1.807) is 11.3 Å². The first kappa shape index (κ1) is 11.0. The summed E-state index contributed by atoms with van der Waals surface area (Å²) in [5.41, 5.74) is 1.40. The van der Waals surface area contributed by atoms with E-state index < -0.39 is 0 Å². The Balaban J connectivity index is 0.000001000. The molecule has 0 aliphatic heterocycles. The molecule has 0 atom stereocenters. The molecule has 0 aliphatic carbocycles. The molecule has 0 bridgehead atoms. The average Bonchev–Trinajstić information content (AvgIpc) is 2.41. The lowest BCUT2D eigenvalue weighted by Gasteiger charge is -1.98. The zero-order chi connectivity index (χ0) is 7.23. The van der Waals surface area contributed by atoms with Crippen LogP contribution >= 0.6 is 23.7 Å². The van der Waals surface area contributed by atoms with Gasteiger partial charge < -0.3 is 5.32 Å². The highest BCUT2D eigenvalue weighted by Gasteiger charge is 1.89. The molecule has 0 fully saturated rings. The summed E-state index contributed by atoms with van der Waals surface area (Å²) in [4.78, 5) is 0. The Morgan fingerprint density at radius 2 is 2.36 bits per heavy atom. The van der Waals surface area contributed by atoms with Gasteiger partial charge in [0.15, 0.2) is 0 Å². The van der Waals surface area contributed by atoms with Gasteiger partial charge in [-0.3, -0.25) is 0 Å². The number of hydrogen-bond donors (Lipinski definition) is 1.